The quantitative estimate of drug-likeness (QED) is 0.760. The SMILES string of the molecule is CC[C@]1(C)NC(=O)N(CC(=O)N2N=C(c3cccs3)C[C@H]2c2cccs2)C1=O. The normalized spacial score (nSPS) is 24.6. The fraction of sp³-hybridized carbons (Fsp3) is 0.368. The first-order valence-corrected chi connectivity index (χ1v) is 10.8. The summed E-state index contributed by atoms with van der Waals surface area (Å²) in [5.74, 6) is -0.739. The van der Waals surface area contributed by atoms with E-state index in [2.05, 4.69) is 10.4 Å². The second-order valence-electron chi connectivity index (χ2n) is 7.00. The maximum absolute atomic E-state index is 13.1. The Bertz CT molecular complexity index is 939. The molecular formula is C19H20N4O3S2. The molecule has 0 aliphatic carbocycles. The minimum atomic E-state index is -0.957. The maximum Gasteiger partial charge on any atom is 0.325 e. The number of rotatable bonds is 5. The van der Waals surface area contributed by atoms with Gasteiger partial charge in [-0.2, -0.15) is 5.10 Å². The van der Waals surface area contributed by atoms with Gasteiger partial charge in [-0.1, -0.05) is 19.1 Å². The van der Waals surface area contributed by atoms with Crippen LogP contribution in [-0.2, 0) is 9.59 Å². The molecule has 0 bridgehead atoms. The van der Waals surface area contributed by atoms with Crippen LogP contribution in [0.3, 0.4) is 0 Å². The monoisotopic (exact) mass is 416 g/mol. The molecule has 2 atom stereocenters. The van der Waals surface area contributed by atoms with Crippen LogP contribution in [0.25, 0.3) is 0 Å². The molecule has 0 spiro atoms. The lowest BCUT2D eigenvalue weighted by atomic mass is 9.99. The molecule has 0 radical (unpaired) electrons. The molecule has 146 valence electrons. The number of imide groups is 1. The van der Waals surface area contributed by atoms with E-state index in [9.17, 15) is 14.4 Å². The van der Waals surface area contributed by atoms with Crippen LogP contribution in [0.1, 0.15) is 42.5 Å². The van der Waals surface area contributed by atoms with E-state index in [1.807, 2.05) is 41.9 Å². The summed E-state index contributed by atoms with van der Waals surface area (Å²) in [6.45, 7) is 3.19. The summed E-state index contributed by atoms with van der Waals surface area (Å²) < 4.78 is 0. The smallest absolute Gasteiger partial charge is 0.323 e. The molecule has 2 aromatic heterocycles. The lowest BCUT2D eigenvalue weighted by Gasteiger charge is -2.23. The zero-order chi connectivity index (χ0) is 19.9. The minimum Gasteiger partial charge on any atom is -0.323 e. The minimum absolute atomic E-state index is 0.220. The summed E-state index contributed by atoms with van der Waals surface area (Å²) in [6, 6.07) is 7.10. The van der Waals surface area contributed by atoms with Crippen LogP contribution in [0.4, 0.5) is 4.79 Å². The van der Waals surface area contributed by atoms with Gasteiger partial charge in [-0.3, -0.25) is 14.5 Å². The van der Waals surface area contributed by atoms with Crippen molar-refractivity contribution in [2.75, 3.05) is 6.54 Å². The molecule has 0 saturated carbocycles. The van der Waals surface area contributed by atoms with Gasteiger partial charge in [0, 0.05) is 11.3 Å². The first-order chi connectivity index (χ1) is 13.4. The lowest BCUT2D eigenvalue weighted by Crippen LogP contribution is -2.44. The Hall–Kier alpha value is -2.52. The predicted octanol–water partition coefficient (Wildman–Crippen LogP) is 3.21. The van der Waals surface area contributed by atoms with Gasteiger partial charge in [-0.25, -0.2) is 9.80 Å². The number of nitrogens with zero attached hydrogens (tertiary/aromatic N) is 3. The summed E-state index contributed by atoms with van der Waals surface area (Å²) in [6.07, 6.45) is 1.07. The number of carbonyl (C=O) groups excluding carboxylic acids is 3. The number of nitrogens with one attached hydrogen (secondary N) is 1. The summed E-state index contributed by atoms with van der Waals surface area (Å²) >= 11 is 3.14. The van der Waals surface area contributed by atoms with E-state index in [1.54, 1.807) is 29.6 Å². The van der Waals surface area contributed by atoms with E-state index in [-0.39, 0.29) is 24.4 Å². The summed E-state index contributed by atoms with van der Waals surface area (Å²) in [5.41, 5.74) is -0.113. The van der Waals surface area contributed by atoms with E-state index >= 15 is 0 Å². The van der Waals surface area contributed by atoms with Crippen molar-refractivity contribution in [3.05, 3.63) is 44.8 Å². The number of hydrazone groups is 1. The third-order valence-electron chi connectivity index (χ3n) is 5.19. The second kappa shape index (κ2) is 7.14. The van der Waals surface area contributed by atoms with Crippen LogP contribution >= 0.6 is 22.7 Å². The van der Waals surface area contributed by atoms with Gasteiger partial charge < -0.3 is 5.32 Å². The largest absolute Gasteiger partial charge is 0.325 e. The highest BCUT2D eigenvalue weighted by atomic mass is 32.1. The molecule has 1 saturated heterocycles. The first kappa shape index (κ1) is 18.8. The van der Waals surface area contributed by atoms with Crippen LogP contribution in [0.15, 0.2) is 40.1 Å². The Labute approximate surface area is 170 Å². The summed E-state index contributed by atoms with van der Waals surface area (Å²) in [7, 11) is 0. The molecule has 28 heavy (non-hydrogen) atoms. The zero-order valence-electron chi connectivity index (χ0n) is 15.5. The number of amides is 4. The topological polar surface area (TPSA) is 82.1 Å². The standard InChI is InChI=1S/C19H20N4O3S2/c1-3-19(2)17(25)22(18(26)20-19)11-16(24)23-13(15-7-5-9-28-15)10-12(21-23)14-6-4-8-27-14/h4-9,13H,3,10-11H2,1-2H3,(H,20,26)/t13-,19-/m0/s1. The number of hydrogen-bond donors (Lipinski definition) is 1. The molecule has 0 aromatic carbocycles. The highest BCUT2D eigenvalue weighted by Crippen LogP contribution is 2.36. The maximum atomic E-state index is 13.1. The lowest BCUT2D eigenvalue weighted by molar-refractivity contribution is -0.139. The number of thiophene rings is 2. The Morgan fingerprint density at radius 2 is 2.04 bits per heavy atom. The van der Waals surface area contributed by atoms with Gasteiger partial charge in [-0.15, -0.1) is 22.7 Å². The molecule has 9 heteroatoms. The van der Waals surface area contributed by atoms with E-state index in [0.717, 1.165) is 20.4 Å². The highest BCUT2D eigenvalue weighted by Gasteiger charge is 2.48. The van der Waals surface area contributed by atoms with Crippen molar-refractivity contribution in [2.45, 2.75) is 38.3 Å². The molecule has 2 aliphatic rings. The van der Waals surface area contributed by atoms with Crippen molar-refractivity contribution in [2.24, 2.45) is 5.10 Å². The number of carbonyl (C=O) groups is 3. The van der Waals surface area contributed by atoms with E-state index in [1.165, 1.54) is 5.01 Å². The molecule has 4 rings (SSSR count). The van der Waals surface area contributed by atoms with E-state index in [0.29, 0.717) is 12.8 Å². The van der Waals surface area contributed by atoms with Crippen molar-refractivity contribution < 1.29 is 14.4 Å². The van der Waals surface area contributed by atoms with Gasteiger partial charge >= 0.3 is 6.03 Å². The highest BCUT2D eigenvalue weighted by molar-refractivity contribution is 7.12. The Morgan fingerprint density at radius 3 is 2.64 bits per heavy atom. The van der Waals surface area contributed by atoms with E-state index in [4.69, 9.17) is 0 Å². The van der Waals surface area contributed by atoms with Gasteiger partial charge in [0.15, 0.2) is 0 Å². The average Bonchev–Trinajstić information content (AvgIpc) is 3.45. The Morgan fingerprint density at radius 1 is 1.29 bits per heavy atom. The predicted molar refractivity (Wildman–Crippen MR) is 108 cm³/mol. The van der Waals surface area contributed by atoms with Gasteiger partial charge in [0.1, 0.15) is 12.1 Å². The molecule has 7 nitrogen and oxygen atoms in total. The third kappa shape index (κ3) is 3.14. The zero-order valence-corrected chi connectivity index (χ0v) is 17.2. The van der Waals surface area contributed by atoms with Crippen molar-refractivity contribution in [1.82, 2.24) is 15.2 Å². The summed E-state index contributed by atoms with van der Waals surface area (Å²) in [5, 5.41) is 12.6. The van der Waals surface area contributed by atoms with Crippen molar-refractivity contribution in [3.63, 3.8) is 0 Å². The fourth-order valence-electron chi connectivity index (χ4n) is 3.37. The van der Waals surface area contributed by atoms with Gasteiger partial charge in [0.05, 0.1) is 16.6 Å². The Kier molecular flexibility index (Phi) is 4.80. The van der Waals surface area contributed by atoms with Crippen molar-refractivity contribution >= 4 is 46.2 Å². The van der Waals surface area contributed by atoms with Crippen molar-refractivity contribution in [3.8, 4) is 0 Å². The Balaban J connectivity index is 1.59. The van der Waals surface area contributed by atoms with Crippen LogP contribution in [0.5, 0.6) is 0 Å². The molecule has 0 unspecified atom stereocenters. The molecule has 4 amide bonds. The van der Waals surface area contributed by atoms with Crippen LogP contribution in [0.2, 0.25) is 0 Å². The number of urea groups is 1. The van der Waals surface area contributed by atoms with Gasteiger partial charge in [0.25, 0.3) is 11.8 Å². The summed E-state index contributed by atoms with van der Waals surface area (Å²) in [4.78, 5) is 41.0. The number of hydrogen-bond acceptors (Lipinski definition) is 6. The molecule has 4 heterocycles. The first-order valence-electron chi connectivity index (χ1n) is 9.04. The second-order valence-corrected chi connectivity index (χ2v) is 8.93. The molecule has 1 N–H and O–H groups in total. The third-order valence-corrected chi connectivity index (χ3v) is 7.08. The van der Waals surface area contributed by atoms with Crippen molar-refractivity contribution in [1.29, 1.82) is 0 Å². The van der Waals surface area contributed by atoms with E-state index < -0.39 is 11.6 Å². The molecule has 1 fully saturated rings. The average molecular weight is 417 g/mol. The fourth-order valence-corrected chi connectivity index (χ4v) is 4.91. The van der Waals surface area contributed by atoms with Crippen LogP contribution in [-0.4, -0.2) is 45.5 Å². The van der Waals surface area contributed by atoms with Gasteiger partial charge in [-0.05, 0) is 36.2 Å². The van der Waals surface area contributed by atoms with Crippen LogP contribution in [0, 0.1) is 0 Å². The van der Waals surface area contributed by atoms with Crippen LogP contribution < -0.4 is 5.32 Å². The van der Waals surface area contributed by atoms with Gasteiger partial charge in [0.2, 0.25) is 0 Å². The molecule has 2 aromatic rings. The molecular weight excluding hydrogens is 396 g/mol. The molecule has 2 aliphatic heterocycles.